The first kappa shape index (κ1) is 17.2. The lowest BCUT2D eigenvalue weighted by atomic mass is 10.3. The van der Waals surface area contributed by atoms with E-state index in [-0.39, 0.29) is 18.4 Å². The number of rotatable bonds is 6. The van der Waals surface area contributed by atoms with Gasteiger partial charge in [-0.1, -0.05) is 15.9 Å². The van der Waals surface area contributed by atoms with E-state index < -0.39 is 0 Å². The van der Waals surface area contributed by atoms with E-state index in [4.69, 9.17) is 10.5 Å². The second-order valence-corrected chi connectivity index (χ2v) is 4.20. The van der Waals surface area contributed by atoms with Crippen LogP contribution in [-0.2, 0) is 4.74 Å². The van der Waals surface area contributed by atoms with Crippen LogP contribution >= 0.6 is 28.3 Å². The maximum Gasteiger partial charge on any atom is 0.319 e. The number of carbonyl (C=O) groups excluding carboxylic acids is 1. The molecule has 1 rings (SSSR count). The fourth-order valence-corrected chi connectivity index (χ4v) is 1.39. The first-order chi connectivity index (χ1) is 8.22. The zero-order valence-corrected chi connectivity index (χ0v) is 12.2. The van der Waals surface area contributed by atoms with Gasteiger partial charge in [0, 0.05) is 23.2 Å². The van der Waals surface area contributed by atoms with Gasteiger partial charge in [-0.3, -0.25) is 0 Å². The van der Waals surface area contributed by atoms with Gasteiger partial charge < -0.3 is 21.1 Å². The van der Waals surface area contributed by atoms with Gasteiger partial charge in [-0.2, -0.15) is 0 Å². The van der Waals surface area contributed by atoms with Crippen LogP contribution in [0.5, 0.6) is 0 Å². The molecule has 0 fully saturated rings. The van der Waals surface area contributed by atoms with Crippen LogP contribution in [0, 0.1) is 0 Å². The number of hydrogen-bond acceptors (Lipinski definition) is 3. The van der Waals surface area contributed by atoms with Gasteiger partial charge in [0.1, 0.15) is 0 Å². The van der Waals surface area contributed by atoms with Crippen molar-refractivity contribution in [1.29, 1.82) is 0 Å². The van der Waals surface area contributed by atoms with Gasteiger partial charge in [-0.25, -0.2) is 4.79 Å². The van der Waals surface area contributed by atoms with Gasteiger partial charge in [0.05, 0.1) is 13.2 Å². The minimum Gasteiger partial charge on any atom is -0.378 e. The molecule has 102 valence electrons. The van der Waals surface area contributed by atoms with E-state index in [0.717, 1.165) is 10.2 Å². The average Bonchev–Trinajstić information content (AvgIpc) is 2.32. The van der Waals surface area contributed by atoms with E-state index in [1.807, 2.05) is 24.3 Å². The number of carbonyl (C=O) groups is 1. The number of amides is 2. The van der Waals surface area contributed by atoms with Crippen molar-refractivity contribution in [2.75, 3.05) is 31.6 Å². The number of benzene rings is 1. The van der Waals surface area contributed by atoms with Crippen LogP contribution in [0.2, 0.25) is 0 Å². The Morgan fingerprint density at radius 1 is 1.28 bits per heavy atom. The molecule has 0 atom stereocenters. The maximum absolute atomic E-state index is 11.4. The molecule has 0 unspecified atom stereocenters. The quantitative estimate of drug-likeness (QED) is 0.694. The Hall–Kier alpha value is -0.820. The average molecular weight is 339 g/mol. The second kappa shape index (κ2) is 10.1. The molecular weight excluding hydrogens is 321 g/mol. The number of anilines is 1. The van der Waals surface area contributed by atoms with Crippen LogP contribution < -0.4 is 16.4 Å². The number of ether oxygens (including phenoxy) is 1. The summed E-state index contributed by atoms with van der Waals surface area (Å²) in [6.07, 6.45) is 0. The van der Waals surface area contributed by atoms with E-state index in [1.54, 1.807) is 0 Å². The van der Waals surface area contributed by atoms with Gasteiger partial charge in [0.15, 0.2) is 0 Å². The molecule has 0 radical (unpaired) electrons. The SMILES string of the molecule is Cl.NCCOCCNC(=O)Nc1ccc(Br)cc1. The molecule has 0 bridgehead atoms. The normalized spacial score (nSPS) is 9.44. The molecule has 18 heavy (non-hydrogen) atoms. The van der Waals surface area contributed by atoms with E-state index in [2.05, 4.69) is 26.6 Å². The van der Waals surface area contributed by atoms with Crippen molar-refractivity contribution in [1.82, 2.24) is 5.32 Å². The van der Waals surface area contributed by atoms with Crippen molar-refractivity contribution in [3.05, 3.63) is 28.7 Å². The van der Waals surface area contributed by atoms with Crippen molar-refractivity contribution < 1.29 is 9.53 Å². The Labute approximate surface area is 121 Å². The van der Waals surface area contributed by atoms with Crippen LogP contribution in [0.4, 0.5) is 10.5 Å². The van der Waals surface area contributed by atoms with Crippen LogP contribution in [0.15, 0.2) is 28.7 Å². The largest absolute Gasteiger partial charge is 0.378 e. The smallest absolute Gasteiger partial charge is 0.319 e. The molecule has 1 aromatic carbocycles. The fourth-order valence-electron chi connectivity index (χ4n) is 1.13. The summed E-state index contributed by atoms with van der Waals surface area (Å²) >= 11 is 3.32. The summed E-state index contributed by atoms with van der Waals surface area (Å²) in [4.78, 5) is 11.4. The molecular formula is C11H17BrClN3O2. The van der Waals surface area contributed by atoms with Crippen LogP contribution in [0.3, 0.4) is 0 Å². The third kappa shape index (κ3) is 7.50. The standard InChI is InChI=1S/C11H16BrN3O2.ClH/c12-9-1-3-10(4-2-9)15-11(16)14-6-8-17-7-5-13;/h1-4H,5-8,13H2,(H2,14,15,16);1H. The van der Waals surface area contributed by atoms with Crippen LogP contribution in [0.25, 0.3) is 0 Å². The lowest BCUT2D eigenvalue weighted by Gasteiger charge is -2.07. The lowest BCUT2D eigenvalue weighted by Crippen LogP contribution is -2.31. The number of nitrogens with two attached hydrogens (primary N) is 1. The number of nitrogens with one attached hydrogen (secondary N) is 2. The van der Waals surface area contributed by atoms with Crippen molar-refractivity contribution in [3.63, 3.8) is 0 Å². The predicted molar refractivity (Wildman–Crippen MR) is 78.3 cm³/mol. The summed E-state index contributed by atoms with van der Waals surface area (Å²) in [5, 5.41) is 5.39. The van der Waals surface area contributed by atoms with Gasteiger partial charge in [-0.05, 0) is 24.3 Å². The first-order valence-electron chi connectivity index (χ1n) is 5.30. The minimum absolute atomic E-state index is 0. The summed E-state index contributed by atoms with van der Waals surface area (Å²) in [6.45, 7) is 1.93. The number of hydrogen-bond donors (Lipinski definition) is 3. The number of halogens is 2. The summed E-state index contributed by atoms with van der Waals surface area (Å²) in [5.74, 6) is 0. The Balaban J connectivity index is 0.00000289. The summed E-state index contributed by atoms with van der Waals surface area (Å²) in [5.41, 5.74) is 6.00. The van der Waals surface area contributed by atoms with Crippen molar-refractivity contribution in [3.8, 4) is 0 Å². The highest BCUT2D eigenvalue weighted by molar-refractivity contribution is 9.10. The lowest BCUT2D eigenvalue weighted by molar-refractivity contribution is 0.144. The van der Waals surface area contributed by atoms with Gasteiger partial charge in [0.2, 0.25) is 0 Å². The maximum atomic E-state index is 11.4. The molecule has 0 aliphatic rings. The highest BCUT2D eigenvalue weighted by Crippen LogP contribution is 2.13. The van der Waals surface area contributed by atoms with Crippen molar-refractivity contribution in [2.24, 2.45) is 5.73 Å². The first-order valence-corrected chi connectivity index (χ1v) is 6.10. The van der Waals surface area contributed by atoms with E-state index >= 15 is 0 Å². The topological polar surface area (TPSA) is 76.4 Å². The number of urea groups is 1. The zero-order valence-electron chi connectivity index (χ0n) is 9.82. The van der Waals surface area contributed by atoms with Crippen LogP contribution in [0.1, 0.15) is 0 Å². The van der Waals surface area contributed by atoms with Crippen LogP contribution in [-0.4, -0.2) is 32.3 Å². The molecule has 0 aliphatic carbocycles. The van der Waals surface area contributed by atoms with E-state index in [9.17, 15) is 4.79 Å². The molecule has 0 heterocycles. The Bertz CT molecular complexity index is 349. The Morgan fingerprint density at radius 2 is 1.94 bits per heavy atom. The van der Waals surface area contributed by atoms with E-state index in [1.165, 1.54) is 0 Å². The Morgan fingerprint density at radius 3 is 2.56 bits per heavy atom. The summed E-state index contributed by atoms with van der Waals surface area (Å²) in [6, 6.07) is 7.10. The molecule has 0 aliphatic heterocycles. The third-order valence-corrected chi connectivity index (χ3v) is 2.42. The predicted octanol–water partition coefficient (Wildman–Crippen LogP) is 1.97. The Kier molecular flexibility index (Phi) is 9.67. The third-order valence-electron chi connectivity index (χ3n) is 1.90. The highest BCUT2D eigenvalue weighted by Gasteiger charge is 2.00. The molecule has 5 nitrogen and oxygen atoms in total. The highest BCUT2D eigenvalue weighted by atomic mass is 79.9. The van der Waals surface area contributed by atoms with Gasteiger partial charge >= 0.3 is 6.03 Å². The fraction of sp³-hybridized carbons (Fsp3) is 0.364. The second-order valence-electron chi connectivity index (χ2n) is 3.29. The monoisotopic (exact) mass is 337 g/mol. The molecule has 4 N–H and O–H groups in total. The zero-order chi connectivity index (χ0) is 12.5. The summed E-state index contributed by atoms with van der Waals surface area (Å²) in [7, 11) is 0. The molecule has 0 saturated heterocycles. The molecule has 0 aromatic heterocycles. The molecule has 1 aromatic rings. The molecule has 0 saturated carbocycles. The molecule has 2 amide bonds. The van der Waals surface area contributed by atoms with Gasteiger partial charge in [0.25, 0.3) is 0 Å². The van der Waals surface area contributed by atoms with Gasteiger partial charge in [-0.15, -0.1) is 12.4 Å². The van der Waals surface area contributed by atoms with E-state index in [0.29, 0.717) is 26.3 Å². The van der Waals surface area contributed by atoms with Crippen molar-refractivity contribution in [2.45, 2.75) is 0 Å². The summed E-state index contributed by atoms with van der Waals surface area (Å²) < 4.78 is 6.10. The van der Waals surface area contributed by atoms with Crippen molar-refractivity contribution >= 4 is 40.1 Å². The molecule has 7 heteroatoms. The minimum atomic E-state index is -0.247. The molecule has 0 spiro atoms.